The number of rotatable bonds is 7. The number of hydrogen-bond donors (Lipinski definition) is 1. The van der Waals surface area contributed by atoms with Gasteiger partial charge < -0.3 is 10.1 Å². The van der Waals surface area contributed by atoms with Crippen molar-refractivity contribution in [3.8, 4) is 5.75 Å². The Kier molecular flexibility index (Phi) is 6.26. The van der Waals surface area contributed by atoms with Gasteiger partial charge in [-0.3, -0.25) is 0 Å². The SMILES string of the molecule is Cc1ccc(CNCc2ccccc2OCc2ccc(F)cc2Cl)cc1. The molecule has 1 N–H and O–H groups in total. The van der Waals surface area contributed by atoms with Crippen molar-refractivity contribution < 1.29 is 9.13 Å². The maximum Gasteiger partial charge on any atom is 0.124 e. The summed E-state index contributed by atoms with van der Waals surface area (Å²) in [6.07, 6.45) is 0. The minimum absolute atomic E-state index is 0.300. The van der Waals surface area contributed by atoms with Crippen LogP contribution in [-0.4, -0.2) is 0 Å². The summed E-state index contributed by atoms with van der Waals surface area (Å²) in [4.78, 5) is 0. The lowest BCUT2D eigenvalue weighted by Gasteiger charge is -2.13. The highest BCUT2D eigenvalue weighted by molar-refractivity contribution is 6.31. The van der Waals surface area contributed by atoms with E-state index in [1.807, 2.05) is 24.3 Å². The average Bonchev–Trinajstić information content (AvgIpc) is 2.64. The quantitative estimate of drug-likeness (QED) is 0.580. The lowest BCUT2D eigenvalue weighted by molar-refractivity contribution is 0.302. The van der Waals surface area contributed by atoms with Crippen LogP contribution in [0.3, 0.4) is 0 Å². The third kappa shape index (κ3) is 5.07. The fourth-order valence-electron chi connectivity index (χ4n) is 2.63. The molecule has 26 heavy (non-hydrogen) atoms. The van der Waals surface area contributed by atoms with Crippen molar-refractivity contribution >= 4 is 11.6 Å². The molecule has 3 aromatic carbocycles. The van der Waals surface area contributed by atoms with Crippen molar-refractivity contribution in [3.63, 3.8) is 0 Å². The number of hydrogen-bond acceptors (Lipinski definition) is 2. The van der Waals surface area contributed by atoms with Crippen LogP contribution in [-0.2, 0) is 19.7 Å². The van der Waals surface area contributed by atoms with Crippen molar-refractivity contribution in [3.05, 3.63) is 99.8 Å². The predicted octanol–water partition coefficient (Wildman–Crippen LogP) is 5.66. The molecular formula is C22H21ClFNO. The topological polar surface area (TPSA) is 21.3 Å². The molecule has 0 saturated heterocycles. The van der Waals surface area contributed by atoms with Crippen molar-refractivity contribution in [2.24, 2.45) is 0 Å². The molecule has 0 unspecified atom stereocenters. The molecule has 0 heterocycles. The maximum absolute atomic E-state index is 13.1. The van der Waals surface area contributed by atoms with E-state index in [4.69, 9.17) is 16.3 Å². The fraction of sp³-hybridized carbons (Fsp3) is 0.182. The summed E-state index contributed by atoms with van der Waals surface area (Å²) in [5.74, 6) is 0.448. The highest BCUT2D eigenvalue weighted by Crippen LogP contribution is 2.22. The van der Waals surface area contributed by atoms with Gasteiger partial charge >= 0.3 is 0 Å². The Morgan fingerprint density at radius 3 is 2.46 bits per heavy atom. The number of halogens is 2. The van der Waals surface area contributed by atoms with Crippen LogP contribution in [0.2, 0.25) is 5.02 Å². The standard InChI is InChI=1S/C22H21ClFNO/c1-16-6-8-17(9-7-16)13-25-14-18-4-2-3-5-22(18)26-15-19-10-11-20(24)12-21(19)23/h2-12,25H,13-15H2,1H3. The lowest BCUT2D eigenvalue weighted by Crippen LogP contribution is -2.13. The molecule has 0 aliphatic rings. The van der Waals surface area contributed by atoms with Crippen LogP contribution < -0.4 is 10.1 Å². The maximum atomic E-state index is 13.1. The summed E-state index contributed by atoms with van der Waals surface area (Å²) in [6, 6.07) is 20.7. The Balaban J connectivity index is 1.59. The zero-order valence-corrected chi connectivity index (χ0v) is 15.4. The smallest absolute Gasteiger partial charge is 0.124 e. The van der Waals surface area contributed by atoms with Gasteiger partial charge in [0.2, 0.25) is 0 Å². The zero-order chi connectivity index (χ0) is 18.4. The Hall–Kier alpha value is -2.36. The second-order valence-corrected chi connectivity index (χ2v) is 6.63. The second-order valence-electron chi connectivity index (χ2n) is 6.22. The molecule has 2 nitrogen and oxygen atoms in total. The van der Waals surface area contributed by atoms with Gasteiger partial charge in [0.15, 0.2) is 0 Å². The van der Waals surface area contributed by atoms with Crippen LogP contribution >= 0.6 is 11.6 Å². The van der Waals surface area contributed by atoms with E-state index in [2.05, 4.69) is 36.5 Å². The van der Waals surface area contributed by atoms with E-state index < -0.39 is 0 Å². The minimum atomic E-state index is -0.348. The predicted molar refractivity (Wildman–Crippen MR) is 104 cm³/mol. The third-order valence-corrected chi connectivity index (χ3v) is 4.49. The van der Waals surface area contributed by atoms with E-state index in [0.717, 1.165) is 23.4 Å². The van der Waals surface area contributed by atoms with Gasteiger partial charge in [-0.2, -0.15) is 0 Å². The molecule has 3 aromatic rings. The van der Waals surface area contributed by atoms with Gasteiger partial charge in [-0.05, 0) is 30.7 Å². The molecule has 134 valence electrons. The Morgan fingerprint density at radius 2 is 1.69 bits per heavy atom. The van der Waals surface area contributed by atoms with E-state index in [9.17, 15) is 4.39 Å². The molecule has 0 saturated carbocycles. The third-order valence-electron chi connectivity index (χ3n) is 4.14. The van der Waals surface area contributed by atoms with Crippen molar-refractivity contribution in [2.75, 3.05) is 0 Å². The largest absolute Gasteiger partial charge is 0.489 e. The van der Waals surface area contributed by atoms with E-state index >= 15 is 0 Å². The Labute approximate surface area is 158 Å². The van der Waals surface area contributed by atoms with Crippen LogP contribution in [0, 0.1) is 12.7 Å². The van der Waals surface area contributed by atoms with Crippen LogP contribution in [0.1, 0.15) is 22.3 Å². The van der Waals surface area contributed by atoms with Gasteiger partial charge in [0, 0.05) is 24.2 Å². The van der Waals surface area contributed by atoms with Gasteiger partial charge in [-0.25, -0.2) is 4.39 Å². The van der Waals surface area contributed by atoms with Crippen LogP contribution in [0.5, 0.6) is 5.75 Å². The van der Waals surface area contributed by atoms with Gasteiger partial charge in [-0.15, -0.1) is 0 Å². The van der Waals surface area contributed by atoms with Crippen LogP contribution in [0.4, 0.5) is 4.39 Å². The highest BCUT2D eigenvalue weighted by Gasteiger charge is 2.06. The average molecular weight is 370 g/mol. The molecule has 0 amide bonds. The molecule has 3 rings (SSSR count). The van der Waals surface area contributed by atoms with Gasteiger partial charge in [0.1, 0.15) is 18.2 Å². The summed E-state index contributed by atoms with van der Waals surface area (Å²) in [5, 5.41) is 3.81. The Bertz CT molecular complexity index is 864. The molecule has 0 aliphatic heterocycles. The first kappa shape index (κ1) is 18.4. The Morgan fingerprint density at radius 1 is 0.923 bits per heavy atom. The molecule has 0 radical (unpaired) electrons. The number of para-hydroxylation sites is 1. The number of nitrogens with one attached hydrogen (secondary N) is 1. The van der Waals surface area contributed by atoms with E-state index in [1.54, 1.807) is 6.07 Å². The van der Waals surface area contributed by atoms with Crippen molar-refractivity contribution in [2.45, 2.75) is 26.6 Å². The van der Waals surface area contributed by atoms with Gasteiger partial charge in [0.25, 0.3) is 0 Å². The first-order valence-electron chi connectivity index (χ1n) is 8.53. The summed E-state index contributed by atoms with van der Waals surface area (Å²) in [6.45, 7) is 3.87. The molecular weight excluding hydrogens is 349 g/mol. The van der Waals surface area contributed by atoms with Crippen LogP contribution in [0.25, 0.3) is 0 Å². The van der Waals surface area contributed by atoms with E-state index in [1.165, 1.54) is 23.3 Å². The molecule has 0 bridgehead atoms. The molecule has 0 spiro atoms. The van der Waals surface area contributed by atoms with Gasteiger partial charge in [-0.1, -0.05) is 65.7 Å². The number of aryl methyl sites for hydroxylation is 1. The first-order valence-corrected chi connectivity index (χ1v) is 8.90. The van der Waals surface area contributed by atoms with E-state index in [0.29, 0.717) is 18.2 Å². The fourth-order valence-corrected chi connectivity index (χ4v) is 2.85. The zero-order valence-electron chi connectivity index (χ0n) is 14.6. The summed E-state index contributed by atoms with van der Waals surface area (Å²) in [5.41, 5.74) is 4.33. The second kappa shape index (κ2) is 8.84. The molecule has 0 fully saturated rings. The summed E-state index contributed by atoms with van der Waals surface area (Å²) >= 11 is 6.07. The van der Waals surface area contributed by atoms with E-state index in [-0.39, 0.29) is 5.82 Å². The lowest BCUT2D eigenvalue weighted by atomic mass is 10.1. The first-order chi connectivity index (χ1) is 12.6. The minimum Gasteiger partial charge on any atom is -0.489 e. The number of ether oxygens (including phenoxy) is 1. The summed E-state index contributed by atoms with van der Waals surface area (Å²) < 4.78 is 19.1. The highest BCUT2D eigenvalue weighted by atomic mass is 35.5. The van der Waals surface area contributed by atoms with Crippen molar-refractivity contribution in [1.82, 2.24) is 5.32 Å². The molecule has 0 aliphatic carbocycles. The molecule has 4 heteroatoms. The number of benzene rings is 3. The normalized spacial score (nSPS) is 10.7. The summed E-state index contributed by atoms with van der Waals surface area (Å²) in [7, 11) is 0. The molecule has 0 aromatic heterocycles. The van der Waals surface area contributed by atoms with Crippen LogP contribution in [0.15, 0.2) is 66.7 Å². The van der Waals surface area contributed by atoms with Gasteiger partial charge in [0.05, 0.1) is 5.02 Å². The molecule has 0 atom stereocenters. The van der Waals surface area contributed by atoms with Crippen molar-refractivity contribution in [1.29, 1.82) is 0 Å². The monoisotopic (exact) mass is 369 g/mol.